The number of benzene rings is 2. The van der Waals surface area contributed by atoms with E-state index in [9.17, 15) is 9.59 Å². The van der Waals surface area contributed by atoms with E-state index in [-0.39, 0.29) is 11.6 Å². The van der Waals surface area contributed by atoms with E-state index in [4.69, 9.17) is 5.11 Å². The van der Waals surface area contributed by atoms with E-state index in [1.807, 2.05) is 24.3 Å². The molecule has 3 N–H and O–H groups in total. The van der Waals surface area contributed by atoms with Gasteiger partial charge in [0.15, 0.2) is 0 Å². The van der Waals surface area contributed by atoms with Crippen molar-refractivity contribution in [1.29, 1.82) is 0 Å². The maximum Gasteiger partial charge on any atom is 0.335 e. The molecular weight excluding hydrogens is 348 g/mol. The summed E-state index contributed by atoms with van der Waals surface area (Å²) in [4.78, 5) is 22.6. The molecule has 2 rings (SSSR count). The predicted molar refractivity (Wildman–Crippen MR) is 88.3 cm³/mol. The molecule has 0 aliphatic heterocycles. The molecule has 0 bridgehead atoms. The summed E-state index contributed by atoms with van der Waals surface area (Å²) in [6, 6.07) is 13.6. The van der Waals surface area contributed by atoms with E-state index >= 15 is 0 Å². The first-order valence-electron chi connectivity index (χ1n) is 6.67. The molecular formula is C16H15BrN2O3. The van der Waals surface area contributed by atoms with Crippen molar-refractivity contribution in [3.63, 3.8) is 0 Å². The number of carboxylic acids is 1. The Morgan fingerprint density at radius 2 is 1.86 bits per heavy atom. The first-order valence-corrected chi connectivity index (χ1v) is 7.46. The largest absolute Gasteiger partial charge is 0.478 e. The minimum atomic E-state index is -1.03. The van der Waals surface area contributed by atoms with Crippen LogP contribution in [0.2, 0.25) is 0 Å². The average Bonchev–Trinajstić information content (AvgIpc) is 2.47. The second-order valence-electron chi connectivity index (χ2n) is 4.65. The van der Waals surface area contributed by atoms with Gasteiger partial charge in [0.25, 0.3) is 0 Å². The van der Waals surface area contributed by atoms with Crippen LogP contribution in [0.4, 0.5) is 10.5 Å². The van der Waals surface area contributed by atoms with Gasteiger partial charge in [-0.15, -0.1) is 0 Å². The van der Waals surface area contributed by atoms with Crippen molar-refractivity contribution in [3.05, 3.63) is 64.1 Å². The molecule has 0 unspecified atom stereocenters. The quantitative estimate of drug-likeness (QED) is 0.761. The fraction of sp³-hybridized carbons (Fsp3) is 0.125. The fourth-order valence-electron chi connectivity index (χ4n) is 1.92. The third kappa shape index (κ3) is 4.89. The van der Waals surface area contributed by atoms with Crippen molar-refractivity contribution < 1.29 is 14.7 Å². The van der Waals surface area contributed by atoms with Gasteiger partial charge in [-0.3, -0.25) is 0 Å². The van der Waals surface area contributed by atoms with Crippen LogP contribution < -0.4 is 10.6 Å². The maximum atomic E-state index is 11.8. The number of nitrogens with one attached hydrogen (secondary N) is 2. The Kier molecular flexibility index (Phi) is 5.55. The van der Waals surface area contributed by atoms with Crippen LogP contribution >= 0.6 is 15.9 Å². The highest BCUT2D eigenvalue weighted by molar-refractivity contribution is 9.10. The number of hydrogen-bond acceptors (Lipinski definition) is 2. The van der Waals surface area contributed by atoms with E-state index < -0.39 is 5.97 Å². The van der Waals surface area contributed by atoms with Gasteiger partial charge in [-0.25, -0.2) is 9.59 Å². The molecule has 2 aromatic carbocycles. The van der Waals surface area contributed by atoms with Gasteiger partial charge < -0.3 is 15.7 Å². The maximum absolute atomic E-state index is 11.8. The van der Waals surface area contributed by atoms with Crippen molar-refractivity contribution in [2.75, 3.05) is 11.9 Å². The number of halogens is 1. The van der Waals surface area contributed by atoms with Gasteiger partial charge in [-0.2, -0.15) is 0 Å². The molecule has 0 fully saturated rings. The van der Waals surface area contributed by atoms with E-state index in [0.29, 0.717) is 18.7 Å². The molecule has 6 heteroatoms. The standard InChI is InChI=1S/C16H15BrN2O3/c17-13-5-1-3-11(9-13)7-8-18-16(22)19-14-6-2-4-12(10-14)15(20)21/h1-6,9-10H,7-8H2,(H,20,21)(H2,18,19,22). The number of urea groups is 1. The first-order chi connectivity index (χ1) is 10.5. The summed E-state index contributed by atoms with van der Waals surface area (Å²) in [5.74, 6) is -1.03. The molecule has 2 amide bonds. The normalized spacial score (nSPS) is 10.0. The summed E-state index contributed by atoms with van der Waals surface area (Å²) in [5.41, 5.74) is 1.69. The van der Waals surface area contributed by atoms with Gasteiger partial charge in [0, 0.05) is 16.7 Å². The molecule has 0 saturated heterocycles. The monoisotopic (exact) mass is 362 g/mol. The topological polar surface area (TPSA) is 78.4 Å². The summed E-state index contributed by atoms with van der Waals surface area (Å²) in [6.45, 7) is 0.487. The van der Waals surface area contributed by atoms with E-state index in [0.717, 1.165) is 10.0 Å². The van der Waals surface area contributed by atoms with Crippen molar-refractivity contribution in [2.45, 2.75) is 6.42 Å². The fourth-order valence-corrected chi connectivity index (χ4v) is 2.36. The summed E-state index contributed by atoms with van der Waals surface area (Å²) in [5, 5.41) is 14.2. The highest BCUT2D eigenvalue weighted by atomic mass is 79.9. The number of hydrogen-bond donors (Lipinski definition) is 3. The molecule has 0 aliphatic carbocycles. The number of aromatic carboxylic acids is 1. The Hall–Kier alpha value is -2.34. The van der Waals surface area contributed by atoms with E-state index in [1.165, 1.54) is 12.1 Å². The lowest BCUT2D eigenvalue weighted by molar-refractivity contribution is 0.0697. The molecule has 0 aliphatic rings. The molecule has 22 heavy (non-hydrogen) atoms. The Labute approximate surface area is 136 Å². The third-order valence-electron chi connectivity index (χ3n) is 2.96. The zero-order valence-electron chi connectivity index (χ0n) is 11.7. The molecule has 0 heterocycles. The minimum absolute atomic E-state index is 0.131. The van der Waals surface area contributed by atoms with Crippen LogP contribution in [-0.4, -0.2) is 23.7 Å². The molecule has 0 saturated carbocycles. The first kappa shape index (κ1) is 16.0. The number of carbonyl (C=O) groups is 2. The Morgan fingerprint density at radius 3 is 2.59 bits per heavy atom. The SMILES string of the molecule is O=C(NCCc1cccc(Br)c1)Nc1cccc(C(=O)O)c1. The van der Waals surface area contributed by atoms with E-state index in [2.05, 4.69) is 26.6 Å². The third-order valence-corrected chi connectivity index (χ3v) is 3.45. The Morgan fingerprint density at radius 1 is 1.09 bits per heavy atom. The summed E-state index contributed by atoms with van der Waals surface area (Å²) >= 11 is 3.40. The molecule has 0 aromatic heterocycles. The molecule has 2 aromatic rings. The van der Waals surface area contributed by atoms with Crippen molar-refractivity contribution in [1.82, 2.24) is 5.32 Å². The van der Waals surface area contributed by atoms with Crippen LogP contribution in [0.5, 0.6) is 0 Å². The molecule has 114 valence electrons. The lowest BCUT2D eigenvalue weighted by Gasteiger charge is -2.08. The van der Waals surface area contributed by atoms with Crippen LogP contribution in [0.15, 0.2) is 53.0 Å². The zero-order valence-corrected chi connectivity index (χ0v) is 13.3. The highest BCUT2D eigenvalue weighted by Crippen LogP contribution is 2.12. The summed E-state index contributed by atoms with van der Waals surface area (Å²) < 4.78 is 1.000. The van der Waals surface area contributed by atoms with E-state index in [1.54, 1.807) is 12.1 Å². The van der Waals surface area contributed by atoms with Crippen molar-refractivity contribution >= 4 is 33.6 Å². The van der Waals surface area contributed by atoms with Crippen molar-refractivity contribution in [2.24, 2.45) is 0 Å². The number of rotatable bonds is 5. The summed E-state index contributed by atoms with van der Waals surface area (Å²) in [7, 11) is 0. The second kappa shape index (κ2) is 7.61. The van der Waals surface area contributed by atoms with Gasteiger partial charge in [-0.1, -0.05) is 34.1 Å². The van der Waals surface area contributed by atoms with Crippen LogP contribution in [0, 0.1) is 0 Å². The van der Waals surface area contributed by atoms with Gasteiger partial charge >= 0.3 is 12.0 Å². The van der Waals surface area contributed by atoms with Gasteiger partial charge in [0.2, 0.25) is 0 Å². The number of carbonyl (C=O) groups excluding carboxylic acids is 1. The zero-order chi connectivity index (χ0) is 15.9. The van der Waals surface area contributed by atoms with Crippen LogP contribution in [0.25, 0.3) is 0 Å². The smallest absolute Gasteiger partial charge is 0.335 e. The Balaban J connectivity index is 1.83. The molecule has 0 atom stereocenters. The van der Waals surface area contributed by atoms with Gasteiger partial charge in [-0.05, 0) is 42.3 Å². The second-order valence-corrected chi connectivity index (χ2v) is 5.56. The lowest BCUT2D eigenvalue weighted by Crippen LogP contribution is -2.30. The molecule has 0 spiro atoms. The number of amides is 2. The highest BCUT2D eigenvalue weighted by Gasteiger charge is 2.05. The summed E-state index contributed by atoms with van der Waals surface area (Å²) in [6.07, 6.45) is 0.710. The average molecular weight is 363 g/mol. The predicted octanol–water partition coefficient (Wildman–Crippen LogP) is 3.51. The van der Waals surface area contributed by atoms with Crippen LogP contribution in [-0.2, 0) is 6.42 Å². The lowest BCUT2D eigenvalue weighted by atomic mass is 10.1. The van der Waals surface area contributed by atoms with Crippen molar-refractivity contribution in [3.8, 4) is 0 Å². The van der Waals surface area contributed by atoms with Crippen LogP contribution in [0.3, 0.4) is 0 Å². The van der Waals surface area contributed by atoms with Gasteiger partial charge in [0.1, 0.15) is 0 Å². The Bertz CT molecular complexity index is 689. The molecule has 0 radical (unpaired) electrons. The number of carboxylic acid groups (broad SMARTS) is 1. The molecule has 5 nitrogen and oxygen atoms in total. The van der Waals surface area contributed by atoms with Gasteiger partial charge in [0.05, 0.1) is 5.56 Å². The number of anilines is 1. The van der Waals surface area contributed by atoms with Crippen LogP contribution in [0.1, 0.15) is 15.9 Å². The minimum Gasteiger partial charge on any atom is -0.478 e.